The van der Waals surface area contributed by atoms with Gasteiger partial charge in [0.15, 0.2) is 0 Å². The van der Waals surface area contributed by atoms with E-state index in [2.05, 4.69) is 20.6 Å². The van der Waals surface area contributed by atoms with Crippen LogP contribution in [0.5, 0.6) is 0 Å². The molecule has 1 fully saturated rings. The van der Waals surface area contributed by atoms with Crippen LogP contribution in [0.4, 0.5) is 4.39 Å². The van der Waals surface area contributed by atoms with Gasteiger partial charge in [-0.2, -0.15) is 18.0 Å². The summed E-state index contributed by atoms with van der Waals surface area (Å²) in [5, 5.41) is 14.8. The van der Waals surface area contributed by atoms with E-state index >= 15 is 0 Å². The molecule has 1 aromatic carbocycles. The fraction of sp³-hybridized carbons (Fsp3) is 0.320. The summed E-state index contributed by atoms with van der Waals surface area (Å²) in [6, 6.07) is 7.19. The van der Waals surface area contributed by atoms with Crippen molar-refractivity contribution in [2.24, 2.45) is 5.92 Å². The predicted molar refractivity (Wildman–Crippen MR) is 135 cm³/mol. The maximum absolute atomic E-state index is 13.5. The molecule has 1 aliphatic heterocycles. The largest absolute Gasteiger partial charge is 0.347 e. The van der Waals surface area contributed by atoms with Gasteiger partial charge in [0, 0.05) is 43.9 Å². The quantitative estimate of drug-likeness (QED) is 0.541. The third kappa shape index (κ3) is 5.41. The first kappa shape index (κ1) is 26.9. The van der Waals surface area contributed by atoms with Gasteiger partial charge in [-0.25, -0.2) is 14.4 Å². The Balaban J connectivity index is 1.48. The number of amides is 2. The molecule has 2 amide bonds. The summed E-state index contributed by atoms with van der Waals surface area (Å²) < 4.78 is 41.6. The standard InChI is InChI=1S/C25H26FN7O4S/c1-15-8-17(5-7-19(15)26)12-28-24(34)20-10-21(30-14-29-20)25(35)31-22-13-33(38(36,37)32(2)3)23-9-16(11-27)4-6-18(22)23/h4-5,7-10,14,18,22H,6,12-13H2,1-3H3,(H,28,34)(H,31,35). The highest BCUT2D eigenvalue weighted by Gasteiger charge is 2.44. The van der Waals surface area contributed by atoms with Crippen LogP contribution >= 0.6 is 0 Å². The number of nitrogens with zero attached hydrogens (tertiary/aromatic N) is 5. The molecule has 2 atom stereocenters. The second-order valence-corrected chi connectivity index (χ2v) is 11.2. The van der Waals surface area contributed by atoms with Gasteiger partial charge in [-0.1, -0.05) is 18.2 Å². The Morgan fingerprint density at radius 3 is 2.58 bits per heavy atom. The van der Waals surface area contributed by atoms with E-state index in [1.165, 1.54) is 36.6 Å². The minimum absolute atomic E-state index is 0.0230. The average Bonchev–Trinajstić information content (AvgIpc) is 3.27. The van der Waals surface area contributed by atoms with Crippen LogP contribution < -0.4 is 10.6 Å². The number of rotatable bonds is 7. The van der Waals surface area contributed by atoms with E-state index in [-0.39, 0.29) is 36.2 Å². The zero-order valence-corrected chi connectivity index (χ0v) is 21.8. The van der Waals surface area contributed by atoms with Gasteiger partial charge in [0.25, 0.3) is 11.8 Å². The summed E-state index contributed by atoms with van der Waals surface area (Å²) in [6.45, 7) is 1.74. The van der Waals surface area contributed by atoms with Crippen LogP contribution in [0, 0.1) is 30.0 Å². The molecule has 198 valence electrons. The number of aromatic nitrogens is 2. The van der Waals surface area contributed by atoms with Crippen LogP contribution in [-0.2, 0) is 16.8 Å². The van der Waals surface area contributed by atoms with Gasteiger partial charge >= 0.3 is 10.2 Å². The second kappa shape index (κ2) is 10.7. The van der Waals surface area contributed by atoms with Gasteiger partial charge in [-0.15, -0.1) is 0 Å². The van der Waals surface area contributed by atoms with Gasteiger partial charge in [-0.05, 0) is 36.6 Å². The minimum atomic E-state index is -3.85. The lowest BCUT2D eigenvalue weighted by molar-refractivity contribution is 0.0926. The zero-order valence-electron chi connectivity index (χ0n) is 21.0. The Bertz CT molecular complexity index is 1500. The van der Waals surface area contributed by atoms with Crippen LogP contribution in [-0.4, -0.2) is 65.5 Å². The van der Waals surface area contributed by atoms with Crippen LogP contribution in [0.2, 0.25) is 0 Å². The number of nitriles is 1. The van der Waals surface area contributed by atoms with E-state index in [0.29, 0.717) is 28.8 Å². The molecule has 2 aliphatic rings. The van der Waals surface area contributed by atoms with Gasteiger partial charge in [0.2, 0.25) is 0 Å². The molecule has 1 aromatic heterocycles. The number of nitrogens with one attached hydrogen (secondary N) is 2. The average molecular weight is 540 g/mol. The van der Waals surface area contributed by atoms with Gasteiger partial charge < -0.3 is 10.6 Å². The number of aryl methyl sites for hydroxylation is 1. The van der Waals surface area contributed by atoms with Gasteiger partial charge in [0.1, 0.15) is 23.5 Å². The topological polar surface area (TPSA) is 148 Å². The van der Waals surface area contributed by atoms with E-state index in [4.69, 9.17) is 0 Å². The summed E-state index contributed by atoms with van der Waals surface area (Å²) in [5.41, 5.74) is 1.84. The van der Waals surface area contributed by atoms with Crippen molar-refractivity contribution in [1.29, 1.82) is 5.26 Å². The van der Waals surface area contributed by atoms with Crippen LogP contribution in [0.25, 0.3) is 0 Å². The molecular weight excluding hydrogens is 513 g/mol. The third-order valence-corrected chi connectivity index (χ3v) is 8.24. The lowest BCUT2D eigenvalue weighted by atomic mass is 9.90. The van der Waals surface area contributed by atoms with Gasteiger partial charge in [0.05, 0.1) is 18.7 Å². The molecular formula is C25H26FN7O4S. The first-order chi connectivity index (χ1) is 18.0. The van der Waals surface area contributed by atoms with Crippen molar-refractivity contribution in [3.8, 4) is 6.07 Å². The first-order valence-electron chi connectivity index (χ1n) is 11.7. The molecule has 0 spiro atoms. The Kier molecular flexibility index (Phi) is 7.56. The summed E-state index contributed by atoms with van der Waals surface area (Å²) in [7, 11) is -1.04. The molecule has 2 heterocycles. The maximum Gasteiger partial charge on any atom is 0.303 e. The molecule has 1 saturated heterocycles. The van der Waals surface area contributed by atoms with E-state index in [1.807, 2.05) is 6.07 Å². The molecule has 4 rings (SSSR count). The SMILES string of the molecule is Cc1cc(CNC(=O)c2cc(C(=O)NC3CN(S(=O)(=O)N(C)C)C4=CC(C#N)=CCC43)ncn2)ccc1F. The molecule has 11 nitrogen and oxygen atoms in total. The Morgan fingerprint density at radius 1 is 1.21 bits per heavy atom. The van der Waals surface area contributed by atoms with E-state index in [0.717, 1.165) is 10.6 Å². The van der Waals surface area contributed by atoms with E-state index < -0.39 is 28.1 Å². The molecule has 2 aromatic rings. The molecule has 2 unspecified atom stereocenters. The molecule has 13 heteroatoms. The Morgan fingerprint density at radius 2 is 1.92 bits per heavy atom. The number of hydrogen-bond donors (Lipinski definition) is 2. The summed E-state index contributed by atoms with van der Waals surface area (Å²) in [4.78, 5) is 33.6. The van der Waals surface area contributed by atoms with Crippen molar-refractivity contribution >= 4 is 22.0 Å². The van der Waals surface area contributed by atoms with Crippen molar-refractivity contribution in [2.75, 3.05) is 20.6 Å². The third-order valence-electron chi connectivity index (χ3n) is 6.40. The Labute approximate surface area is 219 Å². The fourth-order valence-corrected chi connectivity index (χ4v) is 5.52. The number of carbonyl (C=O) groups is 2. The monoisotopic (exact) mass is 539 g/mol. The highest BCUT2D eigenvalue weighted by molar-refractivity contribution is 7.86. The van der Waals surface area contributed by atoms with Crippen molar-refractivity contribution in [3.05, 3.63) is 82.3 Å². The highest BCUT2D eigenvalue weighted by Crippen LogP contribution is 2.38. The van der Waals surface area contributed by atoms with Crippen LogP contribution in [0.15, 0.2) is 54.0 Å². The maximum atomic E-state index is 13.5. The highest BCUT2D eigenvalue weighted by atomic mass is 32.2. The lowest BCUT2D eigenvalue weighted by Crippen LogP contribution is -2.43. The van der Waals surface area contributed by atoms with Crippen molar-refractivity contribution in [2.45, 2.75) is 25.9 Å². The normalized spacial score (nSPS) is 18.8. The number of allylic oxidation sites excluding steroid dienone is 3. The number of hydrogen-bond acceptors (Lipinski definition) is 7. The second-order valence-electron chi connectivity index (χ2n) is 9.14. The zero-order chi connectivity index (χ0) is 27.6. The molecule has 0 saturated carbocycles. The van der Waals surface area contributed by atoms with Crippen molar-refractivity contribution < 1.29 is 22.4 Å². The van der Waals surface area contributed by atoms with Crippen LogP contribution in [0.3, 0.4) is 0 Å². The summed E-state index contributed by atoms with van der Waals surface area (Å²) >= 11 is 0. The number of benzene rings is 1. The molecule has 0 radical (unpaired) electrons. The molecule has 38 heavy (non-hydrogen) atoms. The fourth-order valence-electron chi connectivity index (χ4n) is 4.32. The number of fused-ring (bicyclic) bond motifs is 1. The molecule has 0 bridgehead atoms. The smallest absolute Gasteiger partial charge is 0.303 e. The molecule has 2 N–H and O–H groups in total. The predicted octanol–water partition coefficient (Wildman–Crippen LogP) is 1.43. The van der Waals surface area contributed by atoms with Crippen molar-refractivity contribution in [1.82, 2.24) is 29.2 Å². The molecule has 1 aliphatic carbocycles. The first-order valence-corrected chi connectivity index (χ1v) is 13.1. The number of halogens is 1. The van der Waals surface area contributed by atoms with Crippen LogP contribution in [0.1, 0.15) is 38.5 Å². The summed E-state index contributed by atoms with van der Waals surface area (Å²) in [6.07, 6.45) is 4.70. The Hall–Kier alpha value is -4.15. The van der Waals surface area contributed by atoms with E-state index in [9.17, 15) is 27.7 Å². The minimum Gasteiger partial charge on any atom is -0.347 e. The van der Waals surface area contributed by atoms with E-state index in [1.54, 1.807) is 25.1 Å². The summed E-state index contributed by atoms with van der Waals surface area (Å²) in [5.74, 6) is -1.85. The van der Waals surface area contributed by atoms with Gasteiger partial charge in [-0.3, -0.25) is 13.9 Å². The lowest BCUT2D eigenvalue weighted by Gasteiger charge is -2.26. The number of carbonyl (C=O) groups excluding carboxylic acids is 2. The van der Waals surface area contributed by atoms with Crippen molar-refractivity contribution in [3.63, 3.8) is 0 Å².